The molecule has 1 aliphatic rings. The van der Waals surface area contributed by atoms with Crippen LogP contribution in [0.2, 0.25) is 0 Å². The Hall–Kier alpha value is -1.19. The quantitative estimate of drug-likeness (QED) is 0.781. The maximum absolute atomic E-state index is 6.14. The van der Waals surface area contributed by atoms with E-state index in [2.05, 4.69) is 24.3 Å². The molecule has 1 atom stereocenters. The zero-order valence-corrected chi connectivity index (χ0v) is 11.9. The van der Waals surface area contributed by atoms with E-state index in [4.69, 9.17) is 5.73 Å². The number of rotatable bonds is 7. The van der Waals surface area contributed by atoms with E-state index >= 15 is 0 Å². The van der Waals surface area contributed by atoms with Crippen molar-refractivity contribution < 1.29 is 0 Å². The standard InChI is InChI=1S/C14H26N4/c1-4-8-18-14(13(15)10(3)17-18)16-12(5-2)9-11-6-7-11/h11-12,16H,4-9,15H2,1-3H3. The van der Waals surface area contributed by atoms with Crippen LogP contribution in [0.25, 0.3) is 0 Å². The summed E-state index contributed by atoms with van der Waals surface area (Å²) in [6.07, 6.45) is 6.30. The third kappa shape index (κ3) is 2.98. The van der Waals surface area contributed by atoms with E-state index in [0.717, 1.165) is 42.5 Å². The molecule has 1 aliphatic carbocycles. The largest absolute Gasteiger partial charge is 0.394 e. The van der Waals surface area contributed by atoms with Gasteiger partial charge in [-0.3, -0.25) is 0 Å². The molecule has 1 unspecified atom stereocenters. The lowest BCUT2D eigenvalue weighted by molar-refractivity contribution is 0.561. The van der Waals surface area contributed by atoms with Crippen molar-refractivity contribution >= 4 is 11.5 Å². The Bertz CT molecular complexity index is 393. The van der Waals surface area contributed by atoms with Crippen LogP contribution >= 0.6 is 0 Å². The second kappa shape index (κ2) is 5.63. The molecule has 0 spiro atoms. The number of aryl methyl sites for hydroxylation is 2. The number of aromatic nitrogens is 2. The maximum atomic E-state index is 6.14. The Kier molecular flexibility index (Phi) is 4.15. The summed E-state index contributed by atoms with van der Waals surface area (Å²) < 4.78 is 2.03. The molecule has 0 bridgehead atoms. The Morgan fingerprint density at radius 1 is 1.44 bits per heavy atom. The summed E-state index contributed by atoms with van der Waals surface area (Å²) in [7, 11) is 0. The minimum Gasteiger partial charge on any atom is -0.394 e. The van der Waals surface area contributed by atoms with Gasteiger partial charge < -0.3 is 11.1 Å². The molecule has 4 nitrogen and oxygen atoms in total. The van der Waals surface area contributed by atoms with Gasteiger partial charge in [0.1, 0.15) is 5.82 Å². The second-order valence-electron chi connectivity index (χ2n) is 5.50. The van der Waals surface area contributed by atoms with Crippen LogP contribution in [0.1, 0.15) is 51.6 Å². The van der Waals surface area contributed by atoms with Crippen molar-refractivity contribution in [2.75, 3.05) is 11.1 Å². The smallest absolute Gasteiger partial charge is 0.148 e. The number of nitrogens with one attached hydrogen (secondary N) is 1. The minimum absolute atomic E-state index is 0.534. The third-order valence-corrected chi connectivity index (χ3v) is 3.76. The van der Waals surface area contributed by atoms with Crippen LogP contribution in [0.4, 0.5) is 11.5 Å². The first-order chi connectivity index (χ1) is 8.65. The zero-order chi connectivity index (χ0) is 13.1. The Balaban J connectivity index is 2.09. The number of hydrogen-bond acceptors (Lipinski definition) is 3. The highest BCUT2D eigenvalue weighted by Gasteiger charge is 2.25. The van der Waals surface area contributed by atoms with Gasteiger partial charge in [-0.05, 0) is 32.1 Å². The molecule has 2 rings (SSSR count). The first-order valence-corrected chi connectivity index (χ1v) is 7.25. The van der Waals surface area contributed by atoms with Crippen molar-refractivity contribution in [3.8, 4) is 0 Å². The van der Waals surface area contributed by atoms with Crippen LogP contribution in [-0.2, 0) is 6.54 Å². The molecule has 1 aromatic rings. The first-order valence-electron chi connectivity index (χ1n) is 7.25. The molecule has 4 heteroatoms. The molecule has 18 heavy (non-hydrogen) atoms. The summed E-state index contributed by atoms with van der Waals surface area (Å²) in [4.78, 5) is 0. The van der Waals surface area contributed by atoms with E-state index in [1.165, 1.54) is 19.3 Å². The van der Waals surface area contributed by atoms with Gasteiger partial charge in [0.05, 0.1) is 11.4 Å². The van der Waals surface area contributed by atoms with E-state index in [0.29, 0.717) is 6.04 Å². The predicted octanol–water partition coefficient (Wildman–Crippen LogP) is 3.17. The van der Waals surface area contributed by atoms with E-state index in [-0.39, 0.29) is 0 Å². The Labute approximate surface area is 110 Å². The lowest BCUT2D eigenvalue weighted by Gasteiger charge is -2.19. The summed E-state index contributed by atoms with van der Waals surface area (Å²) in [6.45, 7) is 7.32. The molecule has 1 saturated carbocycles. The number of nitrogens with zero attached hydrogens (tertiary/aromatic N) is 2. The maximum Gasteiger partial charge on any atom is 0.148 e. The summed E-state index contributed by atoms with van der Waals surface area (Å²) in [6, 6.07) is 0.534. The Morgan fingerprint density at radius 2 is 2.17 bits per heavy atom. The third-order valence-electron chi connectivity index (χ3n) is 3.76. The molecule has 102 valence electrons. The molecule has 0 radical (unpaired) electrons. The van der Waals surface area contributed by atoms with Crippen LogP contribution in [0.3, 0.4) is 0 Å². The van der Waals surface area contributed by atoms with E-state index in [9.17, 15) is 0 Å². The Morgan fingerprint density at radius 3 is 2.72 bits per heavy atom. The van der Waals surface area contributed by atoms with E-state index in [1.54, 1.807) is 0 Å². The predicted molar refractivity (Wildman–Crippen MR) is 76.7 cm³/mol. The molecule has 0 aliphatic heterocycles. The van der Waals surface area contributed by atoms with Gasteiger partial charge in [-0.25, -0.2) is 4.68 Å². The number of hydrogen-bond donors (Lipinski definition) is 2. The van der Waals surface area contributed by atoms with Gasteiger partial charge in [0.2, 0.25) is 0 Å². The van der Waals surface area contributed by atoms with Crippen molar-refractivity contribution in [3.05, 3.63) is 5.69 Å². The lowest BCUT2D eigenvalue weighted by Crippen LogP contribution is -2.22. The molecule has 0 aromatic carbocycles. The summed E-state index contributed by atoms with van der Waals surface area (Å²) >= 11 is 0. The first kappa shape index (κ1) is 13.2. The fourth-order valence-electron chi connectivity index (χ4n) is 2.40. The molecule has 3 N–H and O–H groups in total. The average Bonchev–Trinajstić information content (AvgIpc) is 3.12. The van der Waals surface area contributed by atoms with Crippen molar-refractivity contribution in [1.29, 1.82) is 0 Å². The van der Waals surface area contributed by atoms with Gasteiger partial charge in [0.15, 0.2) is 0 Å². The highest BCUT2D eigenvalue weighted by Crippen LogP contribution is 2.35. The zero-order valence-electron chi connectivity index (χ0n) is 11.9. The molecule has 0 saturated heterocycles. The van der Waals surface area contributed by atoms with Gasteiger partial charge in [-0.15, -0.1) is 0 Å². The number of anilines is 2. The normalized spacial score (nSPS) is 16.8. The highest BCUT2D eigenvalue weighted by atomic mass is 15.3. The fourth-order valence-corrected chi connectivity index (χ4v) is 2.40. The van der Waals surface area contributed by atoms with Crippen LogP contribution in [0, 0.1) is 12.8 Å². The number of nitrogen functional groups attached to an aromatic ring is 1. The topological polar surface area (TPSA) is 55.9 Å². The lowest BCUT2D eigenvalue weighted by atomic mass is 10.1. The second-order valence-corrected chi connectivity index (χ2v) is 5.50. The van der Waals surface area contributed by atoms with Crippen molar-refractivity contribution in [3.63, 3.8) is 0 Å². The van der Waals surface area contributed by atoms with Crippen molar-refractivity contribution in [2.45, 2.75) is 65.5 Å². The monoisotopic (exact) mass is 250 g/mol. The molecular formula is C14H26N4. The van der Waals surface area contributed by atoms with Crippen LogP contribution < -0.4 is 11.1 Å². The van der Waals surface area contributed by atoms with Crippen LogP contribution in [-0.4, -0.2) is 15.8 Å². The summed E-state index contributed by atoms with van der Waals surface area (Å²) in [5.74, 6) is 1.97. The minimum atomic E-state index is 0.534. The van der Waals surface area contributed by atoms with Gasteiger partial charge >= 0.3 is 0 Å². The number of nitrogens with two attached hydrogens (primary N) is 1. The van der Waals surface area contributed by atoms with E-state index < -0.39 is 0 Å². The van der Waals surface area contributed by atoms with Crippen molar-refractivity contribution in [1.82, 2.24) is 9.78 Å². The molecule has 0 amide bonds. The van der Waals surface area contributed by atoms with Gasteiger partial charge in [-0.1, -0.05) is 26.7 Å². The van der Waals surface area contributed by atoms with E-state index in [1.807, 2.05) is 11.6 Å². The van der Waals surface area contributed by atoms with Gasteiger partial charge in [0, 0.05) is 12.6 Å². The van der Waals surface area contributed by atoms with Crippen LogP contribution in [0.15, 0.2) is 0 Å². The molecule has 1 fully saturated rings. The van der Waals surface area contributed by atoms with Crippen molar-refractivity contribution in [2.24, 2.45) is 5.92 Å². The average molecular weight is 250 g/mol. The molecule has 1 aromatic heterocycles. The van der Waals surface area contributed by atoms with Gasteiger partial charge in [-0.2, -0.15) is 5.10 Å². The molecule has 1 heterocycles. The summed E-state index contributed by atoms with van der Waals surface area (Å²) in [5, 5.41) is 8.13. The summed E-state index contributed by atoms with van der Waals surface area (Å²) in [5.41, 5.74) is 7.89. The fraction of sp³-hybridized carbons (Fsp3) is 0.786. The SMILES string of the molecule is CCCn1nc(C)c(N)c1NC(CC)CC1CC1. The highest BCUT2D eigenvalue weighted by molar-refractivity contribution is 5.65. The van der Waals surface area contributed by atoms with Gasteiger partial charge in [0.25, 0.3) is 0 Å². The molecular weight excluding hydrogens is 224 g/mol. The van der Waals surface area contributed by atoms with Crippen LogP contribution in [0.5, 0.6) is 0 Å².